The molecule has 88 valence electrons. The van der Waals surface area contributed by atoms with Gasteiger partial charge in [0.25, 0.3) is 5.91 Å². The van der Waals surface area contributed by atoms with Gasteiger partial charge in [0.1, 0.15) is 11.5 Å². The quantitative estimate of drug-likeness (QED) is 0.377. The predicted molar refractivity (Wildman–Crippen MR) is 59.9 cm³/mol. The van der Waals surface area contributed by atoms with Crippen molar-refractivity contribution in [2.45, 2.75) is 0 Å². The maximum Gasteiger partial charge on any atom is 0.269 e. The highest BCUT2D eigenvalue weighted by molar-refractivity contribution is 5.90. The molecular formula is C8H10N8O. The van der Waals surface area contributed by atoms with Crippen molar-refractivity contribution in [3.05, 3.63) is 24.0 Å². The molecule has 0 bridgehead atoms. The SMILES string of the molecule is NNc1cc(-n2ccc(C(N)=O)n2)nc(N)n1. The number of carbonyl (C=O) groups excluding carboxylic acids is 1. The van der Waals surface area contributed by atoms with E-state index in [4.69, 9.17) is 17.3 Å². The van der Waals surface area contributed by atoms with Gasteiger partial charge in [-0.2, -0.15) is 15.1 Å². The number of primary amides is 1. The van der Waals surface area contributed by atoms with Gasteiger partial charge < -0.3 is 16.9 Å². The van der Waals surface area contributed by atoms with Crippen LogP contribution in [0.15, 0.2) is 18.3 Å². The van der Waals surface area contributed by atoms with Crippen molar-refractivity contribution in [2.24, 2.45) is 11.6 Å². The first kappa shape index (κ1) is 10.8. The molecule has 2 rings (SSSR count). The summed E-state index contributed by atoms with van der Waals surface area (Å²) in [4.78, 5) is 18.7. The molecule has 0 radical (unpaired) electrons. The number of rotatable bonds is 3. The van der Waals surface area contributed by atoms with Crippen molar-refractivity contribution in [1.29, 1.82) is 0 Å². The first-order valence-corrected chi connectivity index (χ1v) is 4.57. The topological polar surface area (TPSA) is 151 Å². The van der Waals surface area contributed by atoms with Crippen LogP contribution in [0.1, 0.15) is 10.5 Å². The van der Waals surface area contributed by atoms with Gasteiger partial charge in [0.05, 0.1) is 0 Å². The average molecular weight is 234 g/mol. The number of hydrazine groups is 1. The Bertz CT molecular complexity index is 562. The van der Waals surface area contributed by atoms with Crippen LogP contribution in [-0.4, -0.2) is 25.7 Å². The van der Waals surface area contributed by atoms with Crippen molar-refractivity contribution >= 4 is 17.7 Å². The maximum absolute atomic E-state index is 10.9. The summed E-state index contributed by atoms with van der Waals surface area (Å²) >= 11 is 0. The average Bonchev–Trinajstić information content (AvgIpc) is 2.77. The summed E-state index contributed by atoms with van der Waals surface area (Å²) in [5.41, 5.74) is 13.0. The van der Waals surface area contributed by atoms with E-state index in [1.54, 1.807) is 0 Å². The number of anilines is 2. The molecule has 0 saturated heterocycles. The van der Waals surface area contributed by atoms with Crippen LogP contribution in [0.4, 0.5) is 11.8 Å². The van der Waals surface area contributed by atoms with Crippen LogP contribution in [0.3, 0.4) is 0 Å². The number of carbonyl (C=O) groups is 1. The van der Waals surface area contributed by atoms with Crippen LogP contribution in [0, 0.1) is 0 Å². The lowest BCUT2D eigenvalue weighted by molar-refractivity contribution is 0.0995. The summed E-state index contributed by atoms with van der Waals surface area (Å²) in [6.07, 6.45) is 1.53. The summed E-state index contributed by atoms with van der Waals surface area (Å²) in [6, 6.07) is 2.99. The number of aromatic nitrogens is 4. The Balaban J connectivity index is 2.44. The Kier molecular flexibility index (Phi) is 2.58. The molecule has 0 unspecified atom stereocenters. The molecule has 0 atom stereocenters. The number of nitrogens with zero attached hydrogens (tertiary/aromatic N) is 4. The molecule has 0 aromatic carbocycles. The van der Waals surface area contributed by atoms with Crippen LogP contribution < -0.4 is 22.7 Å². The summed E-state index contributed by atoms with van der Waals surface area (Å²) in [7, 11) is 0. The Labute approximate surface area is 95.6 Å². The van der Waals surface area contributed by atoms with E-state index in [1.165, 1.54) is 23.0 Å². The summed E-state index contributed by atoms with van der Waals surface area (Å²) in [5, 5.41) is 3.92. The normalized spacial score (nSPS) is 10.2. The molecule has 1 amide bonds. The summed E-state index contributed by atoms with van der Waals surface area (Å²) < 4.78 is 1.35. The van der Waals surface area contributed by atoms with E-state index in [1.807, 2.05) is 0 Å². The van der Waals surface area contributed by atoms with Crippen molar-refractivity contribution in [2.75, 3.05) is 11.2 Å². The largest absolute Gasteiger partial charge is 0.368 e. The Morgan fingerprint density at radius 3 is 2.76 bits per heavy atom. The van der Waals surface area contributed by atoms with Crippen molar-refractivity contribution in [3.63, 3.8) is 0 Å². The fourth-order valence-corrected chi connectivity index (χ4v) is 1.23. The van der Waals surface area contributed by atoms with E-state index in [2.05, 4.69) is 20.5 Å². The molecule has 0 aliphatic carbocycles. The highest BCUT2D eigenvalue weighted by Gasteiger charge is 2.08. The zero-order valence-electron chi connectivity index (χ0n) is 8.66. The third-order valence-corrected chi connectivity index (χ3v) is 1.95. The molecule has 17 heavy (non-hydrogen) atoms. The van der Waals surface area contributed by atoms with Gasteiger partial charge in [-0.1, -0.05) is 0 Å². The van der Waals surface area contributed by atoms with Crippen molar-refractivity contribution in [3.8, 4) is 5.82 Å². The number of nitrogen functional groups attached to an aromatic ring is 2. The highest BCUT2D eigenvalue weighted by Crippen LogP contribution is 2.11. The van der Waals surface area contributed by atoms with Crippen LogP contribution in [0.2, 0.25) is 0 Å². The third-order valence-electron chi connectivity index (χ3n) is 1.95. The fourth-order valence-electron chi connectivity index (χ4n) is 1.23. The van der Waals surface area contributed by atoms with Crippen molar-refractivity contribution < 1.29 is 4.79 Å². The second kappa shape index (κ2) is 4.06. The molecule has 0 fully saturated rings. The van der Waals surface area contributed by atoms with Gasteiger partial charge in [-0.3, -0.25) is 4.79 Å². The number of hydrogen-bond donors (Lipinski definition) is 4. The van der Waals surface area contributed by atoms with Crippen molar-refractivity contribution in [1.82, 2.24) is 19.7 Å². The minimum absolute atomic E-state index is 0.0339. The summed E-state index contributed by atoms with van der Waals surface area (Å²) in [6.45, 7) is 0. The molecular weight excluding hydrogens is 224 g/mol. The van der Waals surface area contributed by atoms with Crippen LogP contribution in [-0.2, 0) is 0 Å². The molecule has 2 aromatic rings. The molecule has 0 spiro atoms. The van der Waals surface area contributed by atoms with E-state index in [-0.39, 0.29) is 11.6 Å². The molecule has 0 aliphatic rings. The van der Waals surface area contributed by atoms with E-state index < -0.39 is 5.91 Å². The predicted octanol–water partition coefficient (Wildman–Crippen LogP) is -1.37. The van der Waals surface area contributed by atoms with Gasteiger partial charge in [-0.25, -0.2) is 10.5 Å². The van der Waals surface area contributed by atoms with Crippen LogP contribution in [0.5, 0.6) is 0 Å². The van der Waals surface area contributed by atoms with Crippen LogP contribution in [0.25, 0.3) is 5.82 Å². The number of nitrogens with two attached hydrogens (primary N) is 3. The van der Waals surface area contributed by atoms with Gasteiger partial charge in [-0.15, -0.1) is 0 Å². The minimum Gasteiger partial charge on any atom is -0.368 e. The molecule has 9 heteroatoms. The highest BCUT2D eigenvalue weighted by atomic mass is 16.1. The Morgan fingerprint density at radius 1 is 1.41 bits per heavy atom. The van der Waals surface area contributed by atoms with Gasteiger partial charge in [0, 0.05) is 12.3 Å². The molecule has 7 N–H and O–H groups in total. The number of amides is 1. The van der Waals surface area contributed by atoms with Gasteiger partial charge in [0.2, 0.25) is 5.95 Å². The lowest BCUT2D eigenvalue weighted by Crippen LogP contribution is -2.14. The first-order chi connectivity index (χ1) is 8.10. The monoisotopic (exact) mass is 234 g/mol. The smallest absolute Gasteiger partial charge is 0.269 e. The minimum atomic E-state index is -0.622. The molecule has 0 aliphatic heterocycles. The van der Waals surface area contributed by atoms with E-state index in [0.717, 1.165) is 0 Å². The fraction of sp³-hybridized carbons (Fsp3) is 0. The Hall–Kier alpha value is -2.68. The molecule has 2 aromatic heterocycles. The molecule has 0 saturated carbocycles. The summed E-state index contributed by atoms with van der Waals surface area (Å²) in [5.74, 6) is 5.34. The van der Waals surface area contributed by atoms with Gasteiger partial charge in [0.15, 0.2) is 5.82 Å². The standard InChI is InChI=1S/C8H10N8O/c9-7(17)4-1-2-16(15-4)6-3-5(14-11)12-8(10)13-6/h1-3H,11H2,(H2,9,17)(H3,10,12,13,14). The van der Waals surface area contributed by atoms with E-state index in [9.17, 15) is 4.79 Å². The van der Waals surface area contributed by atoms with Gasteiger partial charge >= 0.3 is 0 Å². The van der Waals surface area contributed by atoms with E-state index >= 15 is 0 Å². The zero-order valence-corrected chi connectivity index (χ0v) is 8.66. The molecule has 9 nitrogen and oxygen atoms in total. The maximum atomic E-state index is 10.9. The second-order valence-electron chi connectivity index (χ2n) is 3.12. The lowest BCUT2D eigenvalue weighted by Gasteiger charge is -2.04. The first-order valence-electron chi connectivity index (χ1n) is 4.57. The second-order valence-corrected chi connectivity index (χ2v) is 3.12. The zero-order chi connectivity index (χ0) is 12.4. The van der Waals surface area contributed by atoms with Crippen LogP contribution >= 0.6 is 0 Å². The Morgan fingerprint density at radius 2 is 2.18 bits per heavy atom. The molecule has 2 heterocycles. The number of nitrogens with one attached hydrogen (secondary N) is 1. The lowest BCUT2D eigenvalue weighted by atomic mass is 10.4. The van der Waals surface area contributed by atoms with E-state index in [0.29, 0.717) is 11.6 Å². The third kappa shape index (κ3) is 2.13. The number of hydrogen-bond acceptors (Lipinski definition) is 7. The van der Waals surface area contributed by atoms with Gasteiger partial charge in [-0.05, 0) is 6.07 Å².